The number of rotatable bonds is 3. The third kappa shape index (κ3) is 2.81. The van der Waals surface area contributed by atoms with E-state index in [4.69, 9.17) is 11.6 Å². The van der Waals surface area contributed by atoms with E-state index in [0.717, 1.165) is 11.0 Å². The van der Waals surface area contributed by atoms with Gasteiger partial charge in [-0.25, -0.2) is 14.7 Å². The predicted octanol–water partition coefficient (Wildman–Crippen LogP) is 2.85. The van der Waals surface area contributed by atoms with Crippen LogP contribution >= 0.6 is 11.6 Å². The molecule has 1 aromatic heterocycles. The summed E-state index contributed by atoms with van der Waals surface area (Å²) in [7, 11) is 0. The maximum Gasteiger partial charge on any atom is 0.417 e. The van der Waals surface area contributed by atoms with Crippen molar-refractivity contribution in [2.45, 2.75) is 0 Å². The van der Waals surface area contributed by atoms with Crippen molar-refractivity contribution >= 4 is 34.9 Å². The summed E-state index contributed by atoms with van der Waals surface area (Å²) in [6.45, 7) is 0. The number of hydrogen-bond donors (Lipinski definition) is 1. The van der Waals surface area contributed by atoms with Gasteiger partial charge >= 0.3 is 6.09 Å². The summed E-state index contributed by atoms with van der Waals surface area (Å²) >= 11 is 5.61. The number of carboxylic acid groups (broad SMARTS) is 1. The zero-order valence-electron chi connectivity index (χ0n) is 9.80. The van der Waals surface area contributed by atoms with Crippen LogP contribution in [-0.2, 0) is 0 Å². The molecule has 0 bridgehead atoms. The van der Waals surface area contributed by atoms with Gasteiger partial charge in [-0.05, 0) is 17.7 Å². The highest BCUT2D eigenvalue weighted by Gasteiger charge is 2.20. The molecule has 0 aliphatic carbocycles. The molecule has 2 aromatic rings. The van der Waals surface area contributed by atoms with Crippen molar-refractivity contribution in [2.24, 2.45) is 0 Å². The Balaban J connectivity index is 2.52. The summed E-state index contributed by atoms with van der Waals surface area (Å²) in [4.78, 5) is 29.7. The average Bonchev–Trinajstić information content (AvgIpc) is 2.39. The van der Waals surface area contributed by atoms with Crippen LogP contribution in [0.4, 0.5) is 22.0 Å². The Morgan fingerprint density at radius 3 is 2.75 bits per heavy atom. The summed E-state index contributed by atoms with van der Waals surface area (Å²) in [6, 6.07) is 6.52. The largest absolute Gasteiger partial charge is 0.464 e. The fourth-order valence-electron chi connectivity index (χ4n) is 1.54. The third-order valence-electron chi connectivity index (χ3n) is 2.33. The van der Waals surface area contributed by atoms with Gasteiger partial charge in [0.1, 0.15) is 5.82 Å². The Bertz CT molecular complexity index is 679. The van der Waals surface area contributed by atoms with E-state index in [-0.39, 0.29) is 22.5 Å². The molecule has 0 saturated heterocycles. The van der Waals surface area contributed by atoms with Crippen LogP contribution in [0.25, 0.3) is 0 Å². The molecule has 0 unspecified atom stereocenters. The molecule has 0 aliphatic heterocycles. The van der Waals surface area contributed by atoms with Crippen molar-refractivity contribution in [2.75, 3.05) is 4.90 Å². The smallest absolute Gasteiger partial charge is 0.417 e. The van der Waals surface area contributed by atoms with E-state index in [1.807, 2.05) is 0 Å². The van der Waals surface area contributed by atoms with Crippen LogP contribution in [-0.4, -0.2) is 26.1 Å². The fraction of sp³-hybridized carbons (Fsp3) is 0. The highest BCUT2D eigenvalue weighted by molar-refractivity contribution is 6.28. The number of aromatic nitrogens is 2. The van der Waals surface area contributed by atoms with Gasteiger partial charge in [-0.3, -0.25) is 10.1 Å². The summed E-state index contributed by atoms with van der Waals surface area (Å²) in [5, 5.41) is 19.9. The lowest BCUT2D eigenvalue weighted by molar-refractivity contribution is -0.384. The second kappa shape index (κ2) is 5.49. The van der Waals surface area contributed by atoms with Crippen molar-refractivity contribution in [1.82, 2.24) is 9.97 Å². The lowest BCUT2D eigenvalue weighted by Gasteiger charge is -2.17. The van der Waals surface area contributed by atoms with Crippen LogP contribution < -0.4 is 4.90 Å². The standard InChI is InChI=1S/C11H7ClN4O4/c12-10-13-5-4-9(14-10)15(11(17)18)7-2-1-3-8(6-7)16(19)20/h1-6H,(H,17,18). The van der Waals surface area contributed by atoms with E-state index < -0.39 is 11.0 Å². The molecule has 1 aromatic carbocycles. The molecular formula is C11H7ClN4O4. The molecule has 0 radical (unpaired) electrons. The first kappa shape index (κ1) is 13.7. The number of carbonyl (C=O) groups is 1. The SMILES string of the molecule is O=C(O)N(c1cccc([N+](=O)[O-])c1)c1ccnc(Cl)n1. The number of anilines is 2. The molecule has 1 N–H and O–H groups in total. The number of nitro benzene ring substituents is 1. The predicted molar refractivity (Wildman–Crippen MR) is 70.3 cm³/mol. The lowest BCUT2D eigenvalue weighted by atomic mass is 10.2. The van der Waals surface area contributed by atoms with Crippen molar-refractivity contribution in [3.05, 3.63) is 51.9 Å². The van der Waals surface area contributed by atoms with Gasteiger partial charge in [0, 0.05) is 24.4 Å². The van der Waals surface area contributed by atoms with Crippen molar-refractivity contribution in [1.29, 1.82) is 0 Å². The fourth-order valence-corrected chi connectivity index (χ4v) is 1.68. The average molecular weight is 295 g/mol. The van der Waals surface area contributed by atoms with Gasteiger partial charge in [0.25, 0.3) is 5.69 Å². The molecule has 1 amide bonds. The molecule has 20 heavy (non-hydrogen) atoms. The maximum atomic E-state index is 11.3. The molecule has 1 heterocycles. The van der Waals surface area contributed by atoms with E-state index >= 15 is 0 Å². The van der Waals surface area contributed by atoms with E-state index in [2.05, 4.69) is 9.97 Å². The second-order valence-corrected chi connectivity index (χ2v) is 3.92. The van der Waals surface area contributed by atoms with Gasteiger partial charge in [-0.1, -0.05) is 6.07 Å². The van der Waals surface area contributed by atoms with Gasteiger partial charge in [-0.15, -0.1) is 0 Å². The maximum absolute atomic E-state index is 11.3. The Labute approximate surface area is 117 Å². The van der Waals surface area contributed by atoms with E-state index in [1.54, 1.807) is 0 Å². The van der Waals surface area contributed by atoms with Crippen LogP contribution in [0.1, 0.15) is 0 Å². The highest BCUT2D eigenvalue weighted by atomic mass is 35.5. The molecule has 0 saturated carbocycles. The molecule has 9 heteroatoms. The number of amides is 1. The minimum Gasteiger partial charge on any atom is -0.464 e. The molecule has 0 aliphatic rings. The molecule has 102 valence electrons. The number of halogens is 1. The Morgan fingerprint density at radius 2 is 2.15 bits per heavy atom. The van der Waals surface area contributed by atoms with Crippen molar-refractivity contribution in [3.63, 3.8) is 0 Å². The zero-order valence-corrected chi connectivity index (χ0v) is 10.6. The first-order valence-electron chi connectivity index (χ1n) is 5.25. The molecule has 0 atom stereocenters. The van der Waals surface area contributed by atoms with E-state index in [9.17, 15) is 20.0 Å². The van der Waals surface area contributed by atoms with Crippen molar-refractivity contribution < 1.29 is 14.8 Å². The third-order valence-corrected chi connectivity index (χ3v) is 2.51. The summed E-state index contributed by atoms with van der Waals surface area (Å²) in [5.74, 6) is -0.00185. The zero-order chi connectivity index (χ0) is 14.7. The van der Waals surface area contributed by atoms with Crippen LogP contribution in [0.15, 0.2) is 36.5 Å². The van der Waals surface area contributed by atoms with Gasteiger partial charge in [0.05, 0.1) is 10.6 Å². The molecule has 0 spiro atoms. The van der Waals surface area contributed by atoms with Gasteiger partial charge < -0.3 is 5.11 Å². The normalized spacial score (nSPS) is 10.1. The minimum atomic E-state index is -1.35. The first-order valence-corrected chi connectivity index (χ1v) is 5.63. The minimum absolute atomic E-state index is 0.00185. The lowest BCUT2D eigenvalue weighted by Crippen LogP contribution is -2.24. The quantitative estimate of drug-likeness (QED) is 0.529. The number of hydrogen-bond acceptors (Lipinski definition) is 5. The molecule has 2 rings (SSSR count). The van der Waals surface area contributed by atoms with Gasteiger partial charge in [-0.2, -0.15) is 4.98 Å². The first-order chi connectivity index (χ1) is 9.49. The highest BCUT2D eigenvalue weighted by Crippen LogP contribution is 2.27. The monoisotopic (exact) mass is 294 g/mol. The number of benzene rings is 1. The van der Waals surface area contributed by atoms with Crippen molar-refractivity contribution in [3.8, 4) is 0 Å². The summed E-state index contributed by atoms with van der Waals surface area (Å²) in [5.41, 5.74) is -0.143. The van der Waals surface area contributed by atoms with Gasteiger partial charge in [0.15, 0.2) is 0 Å². The summed E-state index contributed by atoms with van der Waals surface area (Å²) < 4.78 is 0. The second-order valence-electron chi connectivity index (χ2n) is 3.58. The van der Waals surface area contributed by atoms with E-state index in [1.165, 1.54) is 30.5 Å². The van der Waals surface area contributed by atoms with Crippen LogP contribution in [0.2, 0.25) is 5.28 Å². The Morgan fingerprint density at radius 1 is 1.40 bits per heavy atom. The number of non-ortho nitro benzene ring substituents is 1. The molecule has 8 nitrogen and oxygen atoms in total. The van der Waals surface area contributed by atoms with Crippen LogP contribution in [0.3, 0.4) is 0 Å². The molecular weight excluding hydrogens is 288 g/mol. The van der Waals surface area contributed by atoms with E-state index in [0.29, 0.717) is 0 Å². The Kier molecular flexibility index (Phi) is 3.76. The molecule has 0 fully saturated rings. The number of nitro groups is 1. The van der Waals surface area contributed by atoms with Crippen LogP contribution in [0.5, 0.6) is 0 Å². The topological polar surface area (TPSA) is 109 Å². The number of nitrogens with zero attached hydrogens (tertiary/aromatic N) is 4. The van der Waals surface area contributed by atoms with Crippen LogP contribution in [0, 0.1) is 10.1 Å². The summed E-state index contributed by atoms with van der Waals surface area (Å²) in [6.07, 6.45) is -0.0573. The van der Waals surface area contributed by atoms with Gasteiger partial charge in [0.2, 0.25) is 5.28 Å². The Hall–Kier alpha value is -2.74.